The van der Waals surface area contributed by atoms with Gasteiger partial charge in [-0.25, -0.2) is 0 Å². The summed E-state index contributed by atoms with van der Waals surface area (Å²) in [4.78, 5) is 22.7. The Balaban J connectivity index is 2.61. The molecule has 0 aliphatic heterocycles. The minimum atomic E-state index is -4.54. The van der Waals surface area contributed by atoms with Crippen LogP contribution < -0.4 is 5.32 Å². The summed E-state index contributed by atoms with van der Waals surface area (Å²) >= 11 is 0. The third kappa shape index (κ3) is 5.35. The van der Waals surface area contributed by atoms with Gasteiger partial charge in [-0.05, 0) is 19.8 Å². The summed E-state index contributed by atoms with van der Waals surface area (Å²) in [5, 5.41) is 11.1. The molecule has 0 heterocycles. The van der Waals surface area contributed by atoms with Crippen molar-refractivity contribution in [3.8, 4) is 0 Å². The smallest absolute Gasteiger partial charge is 0.401 e. The van der Waals surface area contributed by atoms with E-state index in [4.69, 9.17) is 5.11 Å². The molecule has 0 radical (unpaired) electrons. The van der Waals surface area contributed by atoms with Gasteiger partial charge in [-0.2, -0.15) is 13.2 Å². The fourth-order valence-corrected chi connectivity index (χ4v) is 1.45. The predicted molar refractivity (Wildman–Crippen MR) is 55.9 cm³/mol. The summed E-state index contributed by atoms with van der Waals surface area (Å²) < 4.78 is 36.9. The Bertz CT molecular complexity index is 329. The first-order valence-corrected chi connectivity index (χ1v) is 5.52. The maximum absolute atomic E-state index is 12.3. The van der Waals surface area contributed by atoms with Crippen LogP contribution in [0.25, 0.3) is 0 Å². The number of aliphatic carboxylic acids is 1. The molecule has 5 nitrogen and oxygen atoms in total. The highest BCUT2D eigenvalue weighted by Crippen LogP contribution is 2.21. The van der Waals surface area contributed by atoms with Gasteiger partial charge in [0, 0.05) is 6.04 Å². The molecule has 1 amide bonds. The third-order valence-corrected chi connectivity index (χ3v) is 2.57. The van der Waals surface area contributed by atoms with Crippen molar-refractivity contribution in [2.24, 2.45) is 0 Å². The minimum Gasteiger partial charge on any atom is -0.480 e. The van der Waals surface area contributed by atoms with E-state index in [1.54, 1.807) is 0 Å². The molecule has 8 heteroatoms. The minimum absolute atomic E-state index is 0.0255. The van der Waals surface area contributed by atoms with Crippen molar-refractivity contribution in [3.05, 3.63) is 0 Å². The van der Waals surface area contributed by atoms with Crippen molar-refractivity contribution in [1.82, 2.24) is 10.2 Å². The van der Waals surface area contributed by atoms with Crippen LogP contribution in [0.5, 0.6) is 0 Å². The Morgan fingerprint density at radius 1 is 1.44 bits per heavy atom. The zero-order chi connectivity index (χ0) is 13.9. The number of hydrogen-bond acceptors (Lipinski definition) is 3. The maximum Gasteiger partial charge on any atom is 0.401 e. The van der Waals surface area contributed by atoms with Crippen molar-refractivity contribution in [2.75, 3.05) is 13.1 Å². The van der Waals surface area contributed by atoms with Crippen molar-refractivity contribution in [2.45, 2.75) is 38.0 Å². The van der Waals surface area contributed by atoms with Gasteiger partial charge in [0.1, 0.15) is 0 Å². The van der Waals surface area contributed by atoms with Crippen LogP contribution in [0.2, 0.25) is 0 Å². The maximum atomic E-state index is 12.3. The van der Waals surface area contributed by atoms with E-state index in [0.29, 0.717) is 4.90 Å². The standard InChI is InChI=1S/C10H15F3N2O3/c1-6(9(18)14-7-2-3-7)15(4-8(16)17)5-10(11,12)13/h6-7H,2-5H2,1H3,(H,14,18)(H,16,17). The predicted octanol–water partition coefficient (Wildman–Crippen LogP) is 0.602. The number of carbonyl (C=O) groups excluding carboxylic acids is 1. The average molecular weight is 268 g/mol. The number of alkyl halides is 3. The van der Waals surface area contributed by atoms with Gasteiger partial charge in [-0.15, -0.1) is 0 Å². The van der Waals surface area contributed by atoms with Crippen LogP contribution in [0.1, 0.15) is 19.8 Å². The molecular weight excluding hydrogens is 253 g/mol. The zero-order valence-corrected chi connectivity index (χ0v) is 9.83. The molecule has 0 spiro atoms. The molecule has 1 unspecified atom stereocenters. The van der Waals surface area contributed by atoms with Gasteiger partial charge in [0.15, 0.2) is 0 Å². The number of carbonyl (C=O) groups is 2. The molecule has 1 rings (SSSR count). The topological polar surface area (TPSA) is 69.6 Å². The van der Waals surface area contributed by atoms with Gasteiger partial charge < -0.3 is 10.4 Å². The van der Waals surface area contributed by atoms with E-state index in [0.717, 1.165) is 12.8 Å². The van der Waals surface area contributed by atoms with E-state index in [1.807, 2.05) is 0 Å². The van der Waals surface area contributed by atoms with Crippen molar-refractivity contribution in [3.63, 3.8) is 0 Å². The summed E-state index contributed by atoms with van der Waals surface area (Å²) in [7, 11) is 0. The number of nitrogens with one attached hydrogen (secondary N) is 1. The number of nitrogens with zero attached hydrogens (tertiary/aromatic N) is 1. The Kier molecular flexibility index (Phi) is 4.55. The molecule has 1 aliphatic rings. The first-order chi connectivity index (χ1) is 8.19. The Morgan fingerprint density at radius 3 is 2.39 bits per heavy atom. The normalized spacial score (nSPS) is 17.6. The number of carboxylic acid groups (broad SMARTS) is 1. The van der Waals surface area contributed by atoms with E-state index in [-0.39, 0.29) is 6.04 Å². The molecule has 0 aromatic carbocycles. The second-order valence-corrected chi connectivity index (χ2v) is 4.37. The molecule has 2 N–H and O–H groups in total. The second-order valence-electron chi connectivity index (χ2n) is 4.37. The zero-order valence-electron chi connectivity index (χ0n) is 9.83. The molecule has 1 fully saturated rings. The van der Waals surface area contributed by atoms with Gasteiger partial charge in [-0.3, -0.25) is 14.5 Å². The summed E-state index contributed by atoms with van der Waals surface area (Å²) in [6, 6.07) is -1.10. The van der Waals surface area contributed by atoms with Crippen molar-refractivity contribution in [1.29, 1.82) is 0 Å². The molecule has 1 atom stereocenters. The van der Waals surface area contributed by atoms with Gasteiger partial charge in [-0.1, -0.05) is 0 Å². The molecule has 1 aliphatic carbocycles. The Morgan fingerprint density at radius 2 is 2.00 bits per heavy atom. The molecule has 104 valence electrons. The fraction of sp³-hybridized carbons (Fsp3) is 0.800. The highest BCUT2D eigenvalue weighted by molar-refractivity contribution is 5.82. The average Bonchev–Trinajstić information content (AvgIpc) is 2.96. The van der Waals surface area contributed by atoms with Gasteiger partial charge >= 0.3 is 12.1 Å². The lowest BCUT2D eigenvalue weighted by Crippen LogP contribution is -2.50. The third-order valence-electron chi connectivity index (χ3n) is 2.57. The number of rotatable bonds is 6. The summed E-state index contributed by atoms with van der Waals surface area (Å²) in [6.45, 7) is -0.969. The van der Waals surface area contributed by atoms with Crippen LogP contribution in [0.4, 0.5) is 13.2 Å². The van der Waals surface area contributed by atoms with Crippen LogP contribution >= 0.6 is 0 Å². The van der Waals surface area contributed by atoms with E-state index in [9.17, 15) is 22.8 Å². The molecule has 0 aromatic rings. The summed E-state index contributed by atoms with van der Waals surface area (Å²) in [5.74, 6) is -1.96. The van der Waals surface area contributed by atoms with Crippen molar-refractivity contribution < 1.29 is 27.9 Å². The van der Waals surface area contributed by atoms with E-state index >= 15 is 0 Å². The molecular formula is C10H15F3N2O3. The largest absolute Gasteiger partial charge is 0.480 e. The number of carboxylic acids is 1. The second kappa shape index (κ2) is 5.55. The lowest BCUT2D eigenvalue weighted by atomic mass is 10.2. The van der Waals surface area contributed by atoms with Gasteiger partial charge in [0.05, 0.1) is 19.1 Å². The Labute approximate surface area is 102 Å². The quantitative estimate of drug-likeness (QED) is 0.740. The van der Waals surface area contributed by atoms with E-state index in [1.165, 1.54) is 6.92 Å². The fourth-order valence-electron chi connectivity index (χ4n) is 1.45. The van der Waals surface area contributed by atoms with Crippen LogP contribution in [0.3, 0.4) is 0 Å². The molecule has 1 saturated carbocycles. The van der Waals surface area contributed by atoms with Crippen LogP contribution in [0.15, 0.2) is 0 Å². The lowest BCUT2D eigenvalue weighted by Gasteiger charge is -2.27. The number of hydrogen-bond donors (Lipinski definition) is 2. The molecule has 0 aromatic heterocycles. The van der Waals surface area contributed by atoms with E-state index < -0.39 is 37.2 Å². The van der Waals surface area contributed by atoms with Gasteiger partial charge in [0.2, 0.25) is 5.91 Å². The van der Waals surface area contributed by atoms with Crippen molar-refractivity contribution >= 4 is 11.9 Å². The molecule has 0 saturated heterocycles. The summed E-state index contributed by atoms with van der Waals surface area (Å²) in [5.41, 5.74) is 0. The monoisotopic (exact) mass is 268 g/mol. The SMILES string of the molecule is CC(C(=O)NC1CC1)N(CC(=O)O)CC(F)(F)F. The first-order valence-electron chi connectivity index (χ1n) is 5.52. The molecule has 0 bridgehead atoms. The first kappa shape index (κ1) is 14.7. The highest BCUT2D eigenvalue weighted by Gasteiger charge is 2.36. The highest BCUT2D eigenvalue weighted by atomic mass is 19.4. The number of amides is 1. The summed E-state index contributed by atoms with van der Waals surface area (Å²) in [6.07, 6.45) is -2.91. The molecule has 18 heavy (non-hydrogen) atoms. The lowest BCUT2D eigenvalue weighted by molar-refractivity contribution is -0.160. The Hall–Kier alpha value is -1.31. The van der Waals surface area contributed by atoms with Gasteiger partial charge in [0.25, 0.3) is 0 Å². The van der Waals surface area contributed by atoms with E-state index in [2.05, 4.69) is 5.32 Å². The number of halogens is 3. The van der Waals surface area contributed by atoms with Crippen LogP contribution in [0, 0.1) is 0 Å². The van der Waals surface area contributed by atoms with Crippen LogP contribution in [-0.2, 0) is 9.59 Å². The van der Waals surface area contributed by atoms with Crippen LogP contribution in [-0.4, -0.2) is 53.2 Å².